The standard InChI is InChI=1S/C14H17N5O2/c1-3-10-8-12(19(2)17-10)14(20)16-11-6-4-5-9(7-11)13(15)18-21/h4-8,21H,3H2,1-2H3,(H2,15,18)(H,16,20). The Hall–Kier alpha value is -2.83. The van der Waals surface area contributed by atoms with E-state index in [1.54, 1.807) is 42.1 Å². The van der Waals surface area contributed by atoms with Gasteiger partial charge in [-0.2, -0.15) is 5.10 Å². The van der Waals surface area contributed by atoms with Crippen molar-refractivity contribution in [2.45, 2.75) is 13.3 Å². The van der Waals surface area contributed by atoms with Crippen LogP contribution < -0.4 is 11.1 Å². The number of amidine groups is 1. The molecule has 1 aromatic heterocycles. The van der Waals surface area contributed by atoms with Crippen LogP contribution in [0, 0.1) is 0 Å². The molecular weight excluding hydrogens is 270 g/mol. The summed E-state index contributed by atoms with van der Waals surface area (Å²) in [5.41, 5.74) is 7.93. The summed E-state index contributed by atoms with van der Waals surface area (Å²) >= 11 is 0. The van der Waals surface area contributed by atoms with Crippen LogP contribution in [0.3, 0.4) is 0 Å². The Kier molecular flexibility index (Phi) is 4.22. The highest BCUT2D eigenvalue weighted by Crippen LogP contribution is 2.13. The van der Waals surface area contributed by atoms with E-state index in [-0.39, 0.29) is 11.7 Å². The van der Waals surface area contributed by atoms with Gasteiger partial charge in [0.25, 0.3) is 5.91 Å². The zero-order chi connectivity index (χ0) is 15.4. The third-order valence-electron chi connectivity index (χ3n) is 3.05. The minimum atomic E-state index is -0.263. The number of amides is 1. The lowest BCUT2D eigenvalue weighted by molar-refractivity contribution is 0.101. The average molecular weight is 287 g/mol. The van der Waals surface area contributed by atoms with Gasteiger partial charge in [-0.1, -0.05) is 24.2 Å². The van der Waals surface area contributed by atoms with Crippen molar-refractivity contribution in [1.29, 1.82) is 0 Å². The molecular formula is C14H17N5O2. The van der Waals surface area contributed by atoms with E-state index in [9.17, 15) is 4.79 Å². The number of benzene rings is 1. The van der Waals surface area contributed by atoms with Crippen LogP contribution in [0.15, 0.2) is 35.5 Å². The van der Waals surface area contributed by atoms with Gasteiger partial charge in [0, 0.05) is 18.3 Å². The quantitative estimate of drug-likeness (QED) is 0.341. The highest BCUT2D eigenvalue weighted by atomic mass is 16.4. The molecule has 0 radical (unpaired) electrons. The first-order chi connectivity index (χ1) is 10.0. The highest BCUT2D eigenvalue weighted by molar-refractivity contribution is 6.04. The van der Waals surface area contributed by atoms with E-state index in [1.165, 1.54) is 0 Å². The molecule has 0 spiro atoms. The molecule has 4 N–H and O–H groups in total. The molecule has 7 nitrogen and oxygen atoms in total. The first kappa shape index (κ1) is 14.6. The molecule has 0 saturated heterocycles. The number of hydrogen-bond donors (Lipinski definition) is 3. The number of carbonyl (C=O) groups is 1. The average Bonchev–Trinajstić information content (AvgIpc) is 2.88. The number of nitrogens with one attached hydrogen (secondary N) is 1. The third-order valence-corrected chi connectivity index (χ3v) is 3.05. The third kappa shape index (κ3) is 3.19. The van der Waals surface area contributed by atoms with Gasteiger partial charge in [-0.3, -0.25) is 9.48 Å². The van der Waals surface area contributed by atoms with E-state index in [0.29, 0.717) is 16.9 Å². The molecule has 7 heteroatoms. The lowest BCUT2D eigenvalue weighted by Crippen LogP contribution is -2.17. The first-order valence-corrected chi connectivity index (χ1v) is 6.47. The van der Waals surface area contributed by atoms with Crippen LogP contribution in [0.2, 0.25) is 0 Å². The van der Waals surface area contributed by atoms with Gasteiger partial charge < -0.3 is 16.3 Å². The van der Waals surface area contributed by atoms with Crippen molar-refractivity contribution in [3.63, 3.8) is 0 Å². The summed E-state index contributed by atoms with van der Waals surface area (Å²) in [4.78, 5) is 12.2. The van der Waals surface area contributed by atoms with Gasteiger partial charge in [-0.25, -0.2) is 0 Å². The molecule has 0 unspecified atom stereocenters. The number of anilines is 1. The Balaban J connectivity index is 2.21. The molecule has 1 aromatic carbocycles. The zero-order valence-electron chi connectivity index (χ0n) is 11.9. The molecule has 2 rings (SSSR count). The Morgan fingerprint density at radius 1 is 1.48 bits per heavy atom. The van der Waals surface area contributed by atoms with Crippen molar-refractivity contribution in [2.24, 2.45) is 17.9 Å². The van der Waals surface area contributed by atoms with Crippen LogP contribution in [0.5, 0.6) is 0 Å². The van der Waals surface area contributed by atoms with E-state index in [2.05, 4.69) is 15.6 Å². The maximum Gasteiger partial charge on any atom is 0.273 e. The van der Waals surface area contributed by atoms with Crippen LogP contribution >= 0.6 is 0 Å². The van der Waals surface area contributed by atoms with Gasteiger partial charge in [-0.15, -0.1) is 0 Å². The molecule has 21 heavy (non-hydrogen) atoms. The van der Waals surface area contributed by atoms with E-state index in [0.717, 1.165) is 12.1 Å². The summed E-state index contributed by atoms with van der Waals surface area (Å²) < 4.78 is 1.54. The predicted molar refractivity (Wildman–Crippen MR) is 79.5 cm³/mol. The first-order valence-electron chi connectivity index (χ1n) is 6.47. The number of rotatable bonds is 4. The van der Waals surface area contributed by atoms with E-state index >= 15 is 0 Å². The van der Waals surface area contributed by atoms with Crippen molar-refractivity contribution in [1.82, 2.24) is 9.78 Å². The smallest absolute Gasteiger partial charge is 0.273 e. The molecule has 110 valence electrons. The Bertz CT molecular complexity index is 690. The normalized spacial score (nSPS) is 11.4. The van der Waals surface area contributed by atoms with Crippen LogP contribution in [0.4, 0.5) is 5.69 Å². The Morgan fingerprint density at radius 2 is 2.24 bits per heavy atom. The molecule has 0 aliphatic rings. The number of aromatic nitrogens is 2. The van der Waals surface area contributed by atoms with Crippen molar-refractivity contribution >= 4 is 17.4 Å². The highest BCUT2D eigenvalue weighted by Gasteiger charge is 2.13. The second-order valence-corrected chi connectivity index (χ2v) is 4.52. The van der Waals surface area contributed by atoms with Gasteiger partial charge in [0.1, 0.15) is 5.69 Å². The number of hydrogen-bond acceptors (Lipinski definition) is 4. The fourth-order valence-corrected chi connectivity index (χ4v) is 1.92. The maximum absolute atomic E-state index is 12.2. The van der Waals surface area contributed by atoms with E-state index < -0.39 is 0 Å². The minimum absolute atomic E-state index is 0.0140. The zero-order valence-corrected chi connectivity index (χ0v) is 11.9. The molecule has 1 amide bonds. The molecule has 0 bridgehead atoms. The summed E-state index contributed by atoms with van der Waals surface area (Å²) in [6.07, 6.45) is 0.764. The summed E-state index contributed by atoms with van der Waals surface area (Å²) in [6, 6.07) is 8.50. The van der Waals surface area contributed by atoms with Gasteiger partial charge in [0.15, 0.2) is 5.84 Å². The number of nitrogens with two attached hydrogens (primary N) is 1. The van der Waals surface area contributed by atoms with Crippen molar-refractivity contribution < 1.29 is 10.0 Å². The minimum Gasteiger partial charge on any atom is -0.409 e. The summed E-state index contributed by atoms with van der Waals surface area (Å²) in [5, 5.41) is 18.6. The summed E-state index contributed by atoms with van der Waals surface area (Å²) in [5.74, 6) is -0.277. The molecule has 1 heterocycles. The lowest BCUT2D eigenvalue weighted by Gasteiger charge is -2.07. The lowest BCUT2D eigenvalue weighted by atomic mass is 10.2. The van der Waals surface area contributed by atoms with Gasteiger partial charge in [-0.05, 0) is 24.6 Å². The Labute approximate surface area is 122 Å². The number of oxime groups is 1. The van der Waals surface area contributed by atoms with E-state index in [4.69, 9.17) is 10.9 Å². The van der Waals surface area contributed by atoms with Crippen molar-refractivity contribution in [3.05, 3.63) is 47.3 Å². The summed E-state index contributed by atoms with van der Waals surface area (Å²) in [6.45, 7) is 1.98. The summed E-state index contributed by atoms with van der Waals surface area (Å²) in [7, 11) is 1.72. The SMILES string of the molecule is CCc1cc(C(=O)Nc2cccc(C(N)=NO)c2)n(C)n1. The number of aryl methyl sites for hydroxylation is 2. The Morgan fingerprint density at radius 3 is 2.86 bits per heavy atom. The van der Waals surface area contributed by atoms with Crippen molar-refractivity contribution in [2.75, 3.05) is 5.32 Å². The number of nitrogens with zero attached hydrogens (tertiary/aromatic N) is 3. The largest absolute Gasteiger partial charge is 0.409 e. The molecule has 0 atom stereocenters. The van der Waals surface area contributed by atoms with Crippen LogP contribution in [0.1, 0.15) is 28.7 Å². The van der Waals surface area contributed by atoms with E-state index in [1.807, 2.05) is 6.92 Å². The molecule has 0 aliphatic heterocycles. The van der Waals surface area contributed by atoms with Gasteiger partial charge >= 0.3 is 0 Å². The fraction of sp³-hybridized carbons (Fsp3) is 0.214. The van der Waals surface area contributed by atoms with Gasteiger partial charge in [0.2, 0.25) is 0 Å². The van der Waals surface area contributed by atoms with Crippen molar-refractivity contribution in [3.8, 4) is 0 Å². The molecule has 2 aromatic rings. The molecule has 0 saturated carbocycles. The van der Waals surface area contributed by atoms with Crippen LogP contribution in [-0.4, -0.2) is 26.7 Å². The predicted octanol–water partition coefficient (Wildman–Crippen LogP) is 1.33. The second-order valence-electron chi connectivity index (χ2n) is 4.52. The van der Waals surface area contributed by atoms with Crippen LogP contribution in [0.25, 0.3) is 0 Å². The van der Waals surface area contributed by atoms with Crippen LogP contribution in [-0.2, 0) is 13.5 Å². The maximum atomic E-state index is 12.2. The fourth-order valence-electron chi connectivity index (χ4n) is 1.92. The second kappa shape index (κ2) is 6.08. The number of carbonyl (C=O) groups excluding carboxylic acids is 1. The van der Waals surface area contributed by atoms with Gasteiger partial charge in [0.05, 0.1) is 5.69 Å². The molecule has 0 fully saturated rings. The topological polar surface area (TPSA) is 106 Å². The molecule has 0 aliphatic carbocycles. The monoisotopic (exact) mass is 287 g/mol.